The molecule has 1 N–H and O–H groups in total. The van der Waals surface area contributed by atoms with E-state index in [1.807, 2.05) is 48.5 Å². The number of carbonyl (C=O) groups excluding carboxylic acids is 1. The summed E-state index contributed by atoms with van der Waals surface area (Å²) in [5.74, 6) is 1.51. The van der Waals surface area contributed by atoms with Gasteiger partial charge in [0.1, 0.15) is 28.8 Å². The van der Waals surface area contributed by atoms with Crippen LogP contribution in [0.15, 0.2) is 53.9 Å². The van der Waals surface area contributed by atoms with E-state index in [0.717, 1.165) is 40.5 Å². The Balaban J connectivity index is 1.38. The van der Waals surface area contributed by atoms with Gasteiger partial charge in [0.25, 0.3) is 5.91 Å². The van der Waals surface area contributed by atoms with Crippen LogP contribution in [0.3, 0.4) is 0 Å². The van der Waals surface area contributed by atoms with Gasteiger partial charge in [-0.05, 0) is 54.8 Å². The predicted molar refractivity (Wildman–Crippen MR) is 105 cm³/mol. The molecule has 6 heteroatoms. The van der Waals surface area contributed by atoms with E-state index in [9.17, 15) is 4.79 Å². The standard InChI is InChI=1S/C21H20N2O3S/c1-25-18-4-2-3-14(11-18)12-26-17-9-5-15(6-10-17)21-23-19(13-27-21)20(24)22-16-7-8-16/h2-6,9-11,13,16H,7-8,12H2,1H3,(H,22,24). The third-order valence-corrected chi connectivity index (χ3v) is 5.18. The zero-order valence-corrected chi connectivity index (χ0v) is 15.8. The molecule has 4 rings (SSSR count). The first-order chi connectivity index (χ1) is 13.2. The topological polar surface area (TPSA) is 60.5 Å². The van der Waals surface area contributed by atoms with E-state index in [0.29, 0.717) is 18.3 Å². The number of amides is 1. The number of hydrogen-bond donors (Lipinski definition) is 1. The van der Waals surface area contributed by atoms with Crippen molar-refractivity contribution in [2.45, 2.75) is 25.5 Å². The number of methoxy groups -OCH3 is 1. The summed E-state index contributed by atoms with van der Waals surface area (Å²) in [5, 5.41) is 5.60. The number of hydrogen-bond acceptors (Lipinski definition) is 5. The molecule has 1 aromatic heterocycles. The molecule has 1 heterocycles. The molecule has 1 aliphatic carbocycles. The highest BCUT2D eigenvalue weighted by Gasteiger charge is 2.24. The maximum Gasteiger partial charge on any atom is 0.270 e. The average Bonchev–Trinajstić information content (AvgIpc) is 3.38. The first-order valence-corrected chi connectivity index (χ1v) is 9.72. The molecule has 0 unspecified atom stereocenters. The van der Waals surface area contributed by atoms with Gasteiger partial charge in [-0.15, -0.1) is 11.3 Å². The van der Waals surface area contributed by atoms with Crippen molar-refractivity contribution >= 4 is 17.2 Å². The van der Waals surface area contributed by atoms with Crippen molar-refractivity contribution in [3.63, 3.8) is 0 Å². The maximum absolute atomic E-state index is 12.1. The van der Waals surface area contributed by atoms with Crippen molar-refractivity contribution in [1.29, 1.82) is 0 Å². The minimum Gasteiger partial charge on any atom is -0.497 e. The van der Waals surface area contributed by atoms with Crippen LogP contribution in [0.1, 0.15) is 28.9 Å². The lowest BCUT2D eigenvalue weighted by Crippen LogP contribution is -2.25. The number of rotatable bonds is 7. The van der Waals surface area contributed by atoms with Gasteiger partial charge in [0.2, 0.25) is 0 Å². The molecule has 1 aliphatic rings. The lowest BCUT2D eigenvalue weighted by Gasteiger charge is -2.08. The Labute approximate surface area is 162 Å². The van der Waals surface area contributed by atoms with Crippen molar-refractivity contribution in [1.82, 2.24) is 10.3 Å². The second kappa shape index (κ2) is 7.80. The summed E-state index contributed by atoms with van der Waals surface area (Å²) in [6.07, 6.45) is 2.14. The molecule has 0 radical (unpaired) electrons. The van der Waals surface area contributed by atoms with Crippen LogP contribution >= 0.6 is 11.3 Å². The normalized spacial score (nSPS) is 13.2. The summed E-state index contributed by atoms with van der Waals surface area (Å²) in [6.45, 7) is 0.472. The van der Waals surface area contributed by atoms with Crippen LogP contribution in [0.25, 0.3) is 10.6 Å². The quantitative estimate of drug-likeness (QED) is 0.664. The molecule has 0 atom stereocenters. The van der Waals surface area contributed by atoms with E-state index >= 15 is 0 Å². The Morgan fingerprint density at radius 3 is 2.74 bits per heavy atom. The second-order valence-corrected chi connectivity index (χ2v) is 7.31. The largest absolute Gasteiger partial charge is 0.497 e. The molecule has 0 saturated heterocycles. The van der Waals surface area contributed by atoms with Crippen LogP contribution in [-0.2, 0) is 6.61 Å². The first-order valence-electron chi connectivity index (χ1n) is 8.84. The average molecular weight is 380 g/mol. The molecule has 1 fully saturated rings. The van der Waals surface area contributed by atoms with E-state index in [-0.39, 0.29) is 5.91 Å². The summed E-state index contributed by atoms with van der Waals surface area (Å²) in [7, 11) is 1.65. The summed E-state index contributed by atoms with van der Waals surface area (Å²) >= 11 is 1.47. The molecular formula is C21H20N2O3S. The fourth-order valence-electron chi connectivity index (χ4n) is 2.62. The molecule has 3 aromatic rings. The Morgan fingerprint density at radius 2 is 2.00 bits per heavy atom. The third kappa shape index (κ3) is 4.46. The molecular weight excluding hydrogens is 360 g/mol. The molecule has 1 amide bonds. The van der Waals surface area contributed by atoms with Gasteiger partial charge in [0.15, 0.2) is 0 Å². The molecule has 2 aromatic carbocycles. The minimum atomic E-state index is -0.0850. The van der Waals surface area contributed by atoms with Crippen LogP contribution in [0.4, 0.5) is 0 Å². The molecule has 27 heavy (non-hydrogen) atoms. The zero-order chi connectivity index (χ0) is 18.6. The van der Waals surface area contributed by atoms with Crippen molar-refractivity contribution in [3.8, 4) is 22.1 Å². The highest BCUT2D eigenvalue weighted by atomic mass is 32.1. The number of nitrogens with one attached hydrogen (secondary N) is 1. The lowest BCUT2D eigenvalue weighted by molar-refractivity contribution is 0.0947. The van der Waals surface area contributed by atoms with Crippen molar-refractivity contribution < 1.29 is 14.3 Å². The van der Waals surface area contributed by atoms with E-state index in [2.05, 4.69) is 10.3 Å². The highest BCUT2D eigenvalue weighted by molar-refractivity contribution is 7.13. The molecule has 0 bridgehead atoms. The van der Waals surface area contributed by atoms with Gasteiger partial charge in [-0.1, -0.05) is 12.1 Å². The highest BCUT2D eigenvalue weighted by Crippen LogP contribution is 2.27. The lowest BCUT2D eigenvalue weighted by atomic mass is 10.2. The number of benzene rings is 2. The van der Waals surface area contributed by atoms with Crippen LogP contribution in [0.5, 0.6) is 11.5 Å². The maximum atomic E-state index is 12.1. The van der Waals surface area contributed by atoms with Crippen LogP contribution in [0, 0.1) is 0 Å². The summed E-state index contributed by atoms with van der Waals surface area (Å²) in [4.78, 5) is 16.5. The van der Waals surface area contributed by atoms with E-state index < -0.39 is 0 Å². The molecule has 0 aliphatic heterocycles. The van der Waals surface area contributed by atoms with Gasteiger partial charge < -0.3 is 14.8 Å². The van der Waals surface area contributed by atoms with Gasteiger partial charge in [0, 0.05) is 17.0 Å². The van der Waals surface area contributed by atoms with Crippen LogP contribution < -0.4 is 14.8 Å². The van der Waals surface area contributed by atoms with Crippen molar-refractivity contribution in [2.75, 3.05) is 7.11 Å². The first kappa shape index (κ1) is 17.5. The van der Waals surface area contributed by atoms with E-state index in [4.69, 9.17) is 9.47 Å². The Kier molecular flexibility index (Phi) is 5.07. The zero-order valence-electron chi connectivity index (χ0n) is 15.0. The summed E-state index contributed by atoms with van der Waals surface area (Å²) < 4.78 is 11.1. The number of nitrogens with zero attached hydrogens (tertiary/aromatic N) is 1. The third-order valence-electron chi connectivity index (χ3n) is 4.29. The van der Waals surface area contributed by atoms with E-state index in [1.165, 1.54) is 11.3 Å². The van der Waals surface area contributed by atoms with Crippen LogP contribution in [0.2, 0.25) is 0 Å². The predicted octanol–water partition coefficient (Wildman–Crippen LogP) is 4.29. The number of thiazole rings is 1. The molecule has 1 saturated carbocycles. The molecule has 0 spiro atoms. The van der Waals surface area contributed by atoms with Gasteiger partial charge in [-0.25, -0.2) is 4.98 Å². The van der Waals surface area contributed by atoms with E-state index in [1.54, 1.807) is 12.5 Å². The summed E-state index contributed by atoms with van der Waals surface area (Å²) in [6, 6.07) is 15.9. The fraction of sp³-hybridized carbons (Fsp3) is 0.238. The van der Waals surface area contributed by atoms with Gasteiger partial charge in [0.05, 0.1) is 7.11 Å². The molecule has 5 nitrogen and oxygen atoms in total. The minimum absolute atomic E-state index is 0.0850. The Morgan fingerprint density at radius 1 is 1.19 bits per heavy atom. The Hall–Kier alpha value is -2.86. The fourth-order valence-corrected chi connectivity index (χ4v) is 3.43. The number of carbonyl (C=O) groups is 1. The second-order valence-electron chi connectivity index (χ2n) is 6.45. The SMILES string of the molecule is COc1cccc(COc2ccc(-c3nc(C(=O)NC4CC4)cs3)cc2)c1. The number of aromatic nitrogens is 1. The van der Waals surface area contributed by atoms with Gasteiger partial charge in [-0.3, -0.25) is 4.79 Å². The van der Waals surface area contributed by atoms with Crippen molar-refractivity contribution in [2.24, 2.45) is 0 Å². The van der Waals surface area contributed by atoms with Crippen molar-refractivity contribution in [3.05, 3.63) is 65.2 Å². The monoisotopic (exact) mass is 380 g/mol. The van der Waals surface area contributed by atoms with Crippen LogP contribution in [-0.4, -0.2) is 24.0 Å². The summed E-state index contributed by atoms with van der Waals surface area (Å²) in [5.41, 5.74) is 2.50. The number of ether oxygens (including phenoxy) is 2. The molecule has 138 valence electrons. The smallest absolute Gasteiger partial charge is 0.270 e. The Bertz CT molecular complexity index is 933. The van der Waals surface area contributed by atoms with Gasteiger partial charge >= 0.3 is 0 Å². The van der Waals surface area contributed by atoms with Gasteiger partial charge in [-0.2, -0.15) is 0 Å².